The second-order valence-electron chi connectivity index (χ2n) is 20.2. The van der Waals surface area contributed by atoms with Crippen LogP contribution in [0.5, 0.6) is 0 Å². The Hall–Kier alpha value is -1.51. The molecule has 0 fully saturated rings. The van der Waals surface area contributed by atoms with Crippen molar-refractivity contribution in [2.24, 2.45) is 5.73 Å². The Morgan fingerprint density at radius 1 is 0.435 bits per heavy atom. The fourth-order valence-corrected chi connectivity index (χ4v) is 9.68. The monoisotopic (exact) mass is 996 g/mol. The third kappa shape index (κ3) is 55.7. The van der Waals surface area contributed by atoms with Crippen molar-refractivity contribution in [1.29, 1.82) is 0 Å². The first-order valence-electron chi connectivity index (χ1n) is 29.8. The smallest absolute Gasteiger partial charge is 0.462 e. The minimum Gasteiger partial charge on any atom is -0.462 e. The molecule has 0 aliphatic rings. The van der Waals surface area contributed by atoms with Gasteiger partial charge in [-0.05, 0) is 38.5 Å². The summed E-state index contributed by atoms with van der Waals surface area (Å²) < 4.78 is 32.9. The largest absolute Gasteiger partial charge is 0.472 e. The topological polar surface area (TPSA) is 134 Å². The Labute approximate surface area is 427 Å². The molecule has 0 saturated heterocycles. The molecular formula is C59H114NO8P. The highest BCUT2D eigenvalue weighted by atomic mass is 31.2. The zero-order valence-corrected chi connectivity index (χ0v) is 46.5. The van der Waals surface area contributed by atoms with E-state index in [1.165, 1.54) is 212 Å². The third-order valence-corrected chi connectivity index (χ3v) is 14.3. The summed E-state index contributed by atoms with van der Waals surface area (Å²) >= 11 is 0. The second-order valence-corrected chi connectivity index (χ2v) is 21.7. The molecule has 0 aromatic rings. The zero-order chi connectivity index (χ0) is 50.2. The summed E-state index contributed by atoms with van der Waals surface area (Å²) in [6.07, 6.45) is 65.6. The predicted octanol–water partition coefficient (Wildman–Crippen LogP) is 18.6. The van der Waals surface area contributed by atoms with Gasteiger partial charge in [0.15, 0.2) is 6.10 Å². The highest BCUT2D eigenvalue weighted by Crippen LogP contribution is 2.43. The van der Waals surface area contributed by atoms with Gasteiger partial charge in [0.05, 0.1) is 13.2 Å². The minimum atomic E-state index is -4.38. The van der Waals surface area contributed by atoms with E-state index >= 15 is 0 Å². The van der Waals surface area contributed by atoms with Gasteiger partial charge in [0, 0.05) is 19.4 Å². The summed E-state index contributed by atoms with van der Waals surface area (Å²) in [5, 5.41) is 0. The van der Waals surface area contributed by atoms with E-state index in [2.05, 4.69) is 38.2 Å². The first-order chi connectivity index (χ1) is 33.8. The standard InChI is InChI=1S/C59H114NO8P/c1-3-5-7-9-11-13-15-17-18-19-20-21-22-23-24-25-26-27-28-29-30-31-32-33-34-35-36-37-38-40-41-43-45-47-49-51-58(61)65-55-57(56-67-69(63,64)66-54-53-60)68-59(62)52-50-48-46-44-42-39-16-14-12-10-8-6-4-2/h8,10,14,16,57H,3-7,9,11-13,15,17-56,60H2,1-2H3,(H,63,64)/b10-8-,16-14-. The molecule has 0 aliphatic heterocycles. The van der Waals surface area contributed by atoms with Gasteiger partial charge in [-0.2, -0.15) is 0 Å². The molecule has 2 atom stereocenters. The quantitative estimate of drug-likeness (QED) is 0.0264. The van der Waals surface area contributed by atoms with E-state index in [-0.39, 0.29) is 38.6 Å². The van der Waals surface area contributed by atoms with Gasteiger partial charge in [-0.3, -0.25) is 18.6 Å². The first kappa shape index (κ1) is 67.5. The highest BCUT2D eigenvalue weighted by molar-refractivity contribution is 7.47. The SMILES string of the molecule is CCC/C=C\C/C=C\CCCCCCCC(=O)OC(COC(=O)CCCCCCCCCCCCCCCCCCCCCCCCCCCCCCCCCCCCC)COP(=O)(O)OCCN. The molecule has 0 aromatic carbocycles. The van der Waals surface area contributed by atoms with Gasteiger partial charge in [0.1, 0.15) is 6.61 Å². The summed E-state index contributed by atoms with van der Waals surface area (Å²) in [7, 11) is -4.38. The van der Waals surface area contributed by atoms with Crippen LogP contribution in [0.1, 0.15) is 309 Å². The molecule has 0 rings (SSSR count). The number of hydrogen-bond acceptors (Lipinski definition) is 8. The number of esters is 2. The average molecular weight is 997 g/mol. The number of rotatable bonds is 57. The van der Waals surface area contributed by atoms with Crippen LogP contribution in [0, 0.1) is 0 Å². The number of phosphoric ester groups is 1. The van der Waals surface area contributed by atoms with Gasteiger partial charge < -0.3 is 20.1 Å². The molecule has 9 nitrogen and oxygen atoms in total. The molecule has 408 valence electrons. The van der Waals surface area contributed by atoms with E-state index in [1.807, 2.05) is 0 Å². The summed E-state index contributed by atoms with van der Waals surface area (Å²) in [4.78, 5) is 35.0. The zero-order valence-electron chi connectivity index (χ0n) is 45.6. The fraction of sp³-hybridized carbons (Fsp3) is 0.898. The first-order valence-corrected chi connectivity index (χ1v) is 31.3. The van der Waals surface area contributed by atoms with Crippen LogP contribution in [-0.2, 0) is 32.7 Å². The van der Waals surface area contributed by atoms with E-state index in [4.69, 9.17) is 24.3 Å². The van der Waals surface area contributed by atoms with E-state index in [0.29, 0.717) is 6.42 Å². The van der Waals surface area contributed by atoms with Crippen LogP contribution < -0.4 is 5.73 Å². The van der Waals surface area contributed by atoms with Gasteiger partial charge in [0.2, 0.25) is 0 Å². The average Bonchev–Trinajstić information content (AvgIpc) is 3.34. The van der Waals surface area contributed by atoms with Crippen molar-refractivity contribution in [1.82, 2.24) is 0 Å². The van der Waals surface area contributed by atoms with E-state index in [1.54, 1.807) is 0 Å². The summed E-state index contributed by atoms with van der Waals surface area (Å²) in [6.45, 7) is 3.70. The molecule has 0 heterocycles. The van der Waals surface area contributed by atoms with Gasteiger partial charge in [-0.1, -0.05) is 282 Å². The number of carbonyl (C=O) groups is 2. The van der Waals surface area contributed by atoms with Gasteiger partial charge >= 0.3 is 19.8 Å². The maximum atomic E-state index is 12.6. The van der Waals surface area contributed by atoms with Gasteiger partial charge in [-0.15, -0.1) is 0 Å². The third-order valence-electron chi connectivity index (χ3n) is 13.3. The van der Waals surface area contributed by atoms with Crippen molar-refractivity contribution in [3.63, 3.8) is 0 Å². The Morgan fingerprint density at radius 3 is 1.16 bits per heavy atom. The second kappa shape index (κ2) is 55.8. The van der Waals surface area contributed by atoms with Crippen LogP contribution in [0.3, 0.4) is 0 Å². The molecule has 69 heavy (non-hydrogen) atoms. The predicted molar refractivity (Wildman–Crippen MR) is 294 cm³/mol. The van der Waals surface area contributed by atoms with Crippen molar-refractivity contribution < 1.29 is 37.6 Å². The van der Waals surface area contributed by atoms with Crippen LogP contribution in [-0.4, -0.2) is 49.3 Å². The molecule has 10 heteroatoms. The summed E-state index contributed by atoms with van der Waals surface area (Å²) in [6, 6.07) is 0. The van der Waals surface area contributed by atoms with Crippen LogP contribution in [0.4, 0.5) is 0 Å². The van der Waals surface area contributed by atoms with Crippen molar-refractivity contribution in [2.45, 2.75) is 315 Å². The fourth-order valence-electron chi connectivity index (χ4n) is 8.91. The molecule has 0 bridgehead atoms. The highest BCUT2D eigenvalue weighted by Gasteiger charge is 2.26. The molecule has 0 amide bonds. The molecule has 3 N–H and O–H groups in total. The molecule has 0 aliphatic carbocycles. The van der Waals surface area contributed by atoms with Crippen LogP contribution in [0.2, 0.25) is 0 Å². The lowest BCUT2D eigenvalue weighted by atomic mass is 10.0. The summed E-state index contributed by atoms with van der Waals surface area (Å²) in [5.74, 6) is -0.831. The van der Waals surface area contributed by atoms with Crippen molar-refractivity contribution >= 4 is 19.8 Å². The Balaban J connectivity index is 3.74. The normalized spacial score (nSPS) is 13.2. The Morgan fingerprint density at radius 2 is 0.783 bits per heavy atom. The van der Waals surface area contributed by atoms with Crippen LogP contribution >= 0.6 is 7.82 Å². The van der Waals surface area contributed by atoms with Crippen molar-refractivity contribution in [3.05, 3.63) is 24.3 Å². The minimum absolute atomic E-state index is 0.0527. The number of phosphoric acid groups is 1. The molecule has 2 unspecified atom stereocenters. The molecule has 0 aromatic heterocycles. The number of ether oxygens (including phenoxy) is 2. The van der Waals surface area contributed by atoms with Gasteiger partial charge in [-0.25, -0.2) is 4.57 Å². The lowest BCUT2D eigenvalue weighted by Gasteiger charge is -2.19. The number of allylic oxidation sites excluding steroid dienone is 4. The van der Waals surface area contributed by atoms with Crippen molar-refractivity contribution in [3.8, 4) is 0 Å². The molecular weight excluding hydrogens is 882 g/mol. The van der Waals surface area contributed by atoms with Crippen LogP contribution in [0.15, 0.2) is 24.3 Å². The molecule has 0 saturated carbocycles. The Kier molecular flexibility index (Phi) is 54.6. The van der Waals surface area contributed by atoms with Crippen LogP contribution in [0.25, 0.3) is 0 Å². The lowest BCUT2D eigenvalue weighted by molar-refractivity contribution is -0.161. The van der Waals surface area contributed by atoms with E-state index in [0.717, 1.165) is 64.2 Å². The van der Waals surface area contributed by atoms with Gasteiger partial charge in [0.25, 0.3) is 0 Å². The van der Waals surface area contributed by atoms with Crippen molar-refractivity contribution in [2.75, 3.05) is 26.4 Å². The Bertz CT molecular complexity index is 1180. The lowest BCUT2D eigenvalue weighted by Crippen LogP contribution is -2.29. The van der Waals surface area contributed by atoms with E-state index < -0.39 is 26.5 Å². The van der Waals surface area contributed by atoms with E-state index in [9.17, 15) is 19.0 Å². The molecule has 0 radical (unpaired) electrons. The number of hydrogen-bond donors (Lipinski definition) is 2. The maximum absolute atomic E-state index is 12.6. The number of carbonyl (C=O) groups excluding carboxylic acids is 2. The molecule has 0 spiro atoms. The maximum Gasteiger partial charge on any atom is 0.472 e. The number of nitrogens with two attached hydrogens (primary N) is 1. The number of unbranched alkanes of at least 4 members (excludes halogenated alkanes) is 40. The summed E-state index contributed by atoms with van der Waals surface area (Å²) in [5.41, 5.74) is 5.37.